The number of Topliss-reactive ketones (excluding diaryl/α,β-unsaturated/α-hetero) is 1. The summed E-state index contributed by atoms with van der Waals surface area (Å²) in [6, 6.07) is 11.6. The van der Waals surface area contributed by atoms with Crippen LogP contribution in [0.2, 0.25) is 0 Å². The van der Waals surface area contributed by atoms with E-state index in [9.17, 15) is 24.3 Å². The van der Waals surface area contributed by atoms with E-state index in [0.29, 0.717) is 11.3 Å². The van der Waals surface area contributed by atoms with Gasteiger partial charge in [-0.2, -0.15) is 0 Å². The van der Waals surface area contributed by atoms with E-state index in [2.05, 4.69) is 15.6 Å². The molecule has 2 aromatic carbocycles. The topological polar surface area (TPSA) is 161 Å². The third-order valence-corrected chi connectivity index (χ3v) is 6.06. The number of nitrogens with one attached hydrogen (secondary N) is 2. The summed E-state index contributed by atoms with van der Waals surface area (Å²) in [5, 5.41) is 14.8. The molecule has 0 saturated heterocycles. The van der Waals surface area contributed by atoms with Crippen LogP contribution in [0.15, 0.2) is 54.6 Å². The smallest absolute Gasteiger partial charge is 0.330 e. The van der Waals surface area contributed by atoms with Crippen LogP contribution >= 0.6 is 11.3 Å². The Kier molecular flexibility index (Phi) is 8.29. The Hall–Kier alpha value is -4.09. The largest absolute Gasteiger partial charge is 0.508 e. The zero-order chi connectivity index (χ0) is 25.5. The third-order valence-electron chi connectivity index (χ3n) is 4.99. The third kappa shape index (κ3) is 6.49. The normalized spacial score (nSPS) is 12.3. The van der Waals surface area contributed by atoms with Crippen molar-refractivity contribution in [1.29, 1.82) is 0 Å². The van der Waals surface area contributed by atoms with Crippen LogP contribution in [0.5, 0.6) is 5.75 Å². The molecule has 10 nitrogen and oxygen atoms in total. The van der Waals surface area contributed by atoms with Crippen molar-refractivity contribution in [3.8, 4) is 5.75 Å². The number of hydrogen-bond donors (Lipinski definition) is 4. The lowest BCUT2D eigenvalue weighted by Gasteiger charge is -2.21. The highest BCUT2D eigenvalue weighted by Gasteiger charge is 2.34. The highest BCUT2D eigenvalue weighted by molar-refractivity contribution is 7.17. The number of anilines is 1. The van der Waals surface area contributed by atoms with Crippen molar-refractivity contribution in [2.24, 2.45) is 5.73 Å². The number of nitrogens with zero attached hydrogens (tertiary/aromatic N) is 1. The number of aromatic hydroxyl groups is 1. The van der Waals surface area contributed by atoms with E-state index in [4.69, 9.17) is 10.5 Å². The first-order valence-electron chi connectivity index (χ1n) is 10.5. The molecule has 0 aliphatic heterocycles. The Morgan fingerprint density at radius 1 is 1.11 bits per heavy atom. The number of thiazole rings is 1. The average Bonchev–Trinajstić information content (AvgIpc) is 3.21. The molecular formula is C24H24N4O6S. The molecule has 182 valence electrons. The van der Waals surface area contributed by atoms with Crippen LogP contribution in [0.3, 0.4) is 0 Å². The van der Waals surface area contributed by atoms with E-state index in [0.717, 1.165) is 18.4 Å². The van der Waals surface area contributed by atoms with E-state index < -0.39 is 29.7 Å². The first kappa shape index (κ1) is 25.5. The Balaban J connectivity index is 1.71. The minimum Gasteiger partial charge on any atom is -0.508 e. The maximum Gasteiger partial charge on any atom is 0.330 e. The lowest BCUT2D eigenvalue weighted by Crippen LogP contribution is -2.56. The van der Waals surface area contributed by atoms with Crippen molar-refractivity contribution in [3.05, 3.63) is 76.3 Å². The van der Waals surface area contributed by atoms with Crippen molar-refractivity contribution in [2.75, 3.05) is 12.4 Å². The number of aromatic nitrogens is 1. The quantitative estimate of drug-likeness (QED) is 0.258. The Bertz CT molecular complexity index is 1240. The van der Waals surface area contributed by atoms with Crippen LogP contribution in [0.25, 0.3) is 0 Å². The number of ether oxygens (including phenoxy) is 1. The highest BCUT2D eigenvalue weighted by Crippen LogP contribution is 2.23. The van der Waals surface area contributed by atoms with Gasteiger partial charge in [-0.25, -0.2) is 9.78 Å². The molecule has 0 spiro atoms. The summed E-state index contributed by atoms with van der Waals surface area (Å²) in [7, 11) is 1.12. The molecule has 2 unspecified atom stereocenters. The number of rotatable bonds is 9. The summed E-state index contributed by atoms with van der Waals surface area (Å²) in [6.45, 7) is 1.57. The molecule has 2 amide bonds. The number of methoxy groups -OCH3 is 1. The standard InChI is InChI=1S/C24H24N4O6S/c1-13-21(35-24(26-13)27-17(30)12-14-7-6-10-16(29)11-14)22(32)28-19(23(33)34-2)18(25)20(31)15-8-4-3-5-9-15/h3-11,18-19,29H,12,25H2,1-2H3,(H,28,32)(H,26,27,30). The van der Waals surface area contributed by atoms with Gasteiger partial charge in [0.2, 0.25) is 5.91 Å². The number of esters is 1. The van der Waals surface area contributed by atoms with Crippen LogP contribution in [0.4, 0.5) is 5.13 Å². The first-order chi connectivity index (χ1) is 16.7. The summed E-state index contributed by atoms with van der Waals surface area (Å²) in [4.78, 5) is 54.7. The van der Waals surface area contributed by atoms with Crippen molar-refractivity contribution in [3.63, 3.8) is 0 Å². The molecule has 0 saturated carbocycles. The minimum atomic E-state index is -1.44. The van der Waals surface area contributed by atoms with E-state index in [-0.39, 0.29) is 33.6 Å². The number of carbonyl (C=O) groups excluding carboxylic acids is 4. The number of phenolic OH excluding ortho intramolecular Hbond substituents is 1. The van der Waals surface area contributed by atoms with Crippen LogP contribution < -0.4 is 16.4 Å². The van der Waals surface area contributed by atoms with Crippen LogP contribution in [-0.4, -0.2) is 52.9 Å². The Labute approximate surface area is 205 Å². The van der Waals surface area contributed by atoms with Gasteiger partial charge in [-0.1, -0.05) is 53.8 Å². The summed E-state index contributed by atoms with van der Waals surface area (Å²) >= 11 is 0.905. The van der Waals surface area contributed by atoms with Crippen LogP contribution in [0, 0.1) is 6.92 Å². The molecule has 0 bridgehead atoms. The van der Waals surface area contributed by atoms with Crippen LogP contribution in [-0.2, 0) is 20.7 Å². The molecule has 11 heteroatoms. The Morgan fingerprint density at radius 2 is 1.83 bits per heavy atom. The van der Waals surface area contributed by atoms with Gasteiger partial charge in [0.1, 0.15) is 16.7 Å². The molecule has 1 heterocycles. The number of ketones is 1. The number of nitrogens with two attached hydrogens (primary N) is 1. The molecular weight excluding hydrogens is 472 g/mol. The van der Waals surface area contributed by atoms with Crippen molar-refractivity contribution in [2.45, 2.75) is 25.4 Å². The monoisotopic (exact) mass is 496 g/mol. The number of benzene rings is 2. The Morgan fingerprint density at radius 3 is 2.49 bits per heavy atom. The fourth-order valence-corrected chi connectivity index (χ4v) is 4.14. The maximum atomic E-state index is 12.9. The number of phenols is 1. The zero-order valence-corrected chi connectivity index (χ0v) is 19.8. The second kappa shape index (κ2) is 11.4. The summed E-state index contributed by atoms with van der Waals surface area (Å²) < 4.78 is 4.74. The fraction of sp³-hybridized carbons (Fsp3) is 0.208. The number of hydrogen-bond acceptors (Lipinski definition) is 9. The molecule has 3 aromatic rings. The molecule has 0 aliphatic rings. The van der Waals surface area contributed by atoms with Gasteiger partial charge in [0, 0.05) is 5.56 Å². The summed E-state index contributed by atoms with van der Waals surface area (Å²) in [5.41, 5.74) is 7.24. The minimum absolute atomic E-state index is 0.00454. The van der Waals surface area contributed by atoms with Gasteiger partial charge in [0.15, 0.2) is 10.9 Å². The number of aryl methyl sites for hydroxylation is 1. The van der Waals surface area contributed by atoms with Crippen molar-refractivity contribution < 1.29 is 29.0 Å². The highest BCUT2D eigenvalue weighted by atomic mass is 32.1. The summed E-state index contributed by atoms with van der Waals surface area (Å²) in [6.07, 6.45) is -0.00454. The lowest BCUT2D eigenvalue weighted by atomic mass is 9.98. The van der Waals surface area contributed by atoms with E-state index in [1.807, 2.05) is 0 Å². The molecule has 2 atom stereocenters. The summed E-state index contributed by atoms with van der Waals surface area (Å²) in [5.74, 6) is -2.46. The fourth-order valence-electron chi connectivity index (χ4n) is 3.25. The molecule has 0 radical (unpaired) electrons. The zero-order valence-electron chi connectivity index (χ0n) is 19.0. The predicted molar refractivity (Wildman–Crippen MR) is 129 cm³/mol. The van der Waals surface area contributed by atoms with Gasteiger partial charge in [-0.3, -0.25) is 14.4 Å². The maximum absolute atomic E-state index is 12.9. The van der Waals surface area contributed by atoms with Gasteiger partial charge in [0.25, 0.3) is 5.91 Å². The molecule has 35 heavy (non-hydrogen) atoms. The molecule has 3 rings (SSSR count). The van der Waals surface area contributed by atoms with Crippen molar-refractivity contribution >= 4 is 40.0 Å². The molecule has 5 N–H and O–H groups in total. The van der Waals surface area contributed by atoms with Gasteiger partial charge in [-0.05, 0) is 24.6 Å². The number of carbonyl (C=O) groups is 4. The molecule has 1 aromatic heterocycles. The van der Waals surface area contributed by atoms with Gasteiger partial charge in [0.05, 0.1) is 25.3 Å². The number of amides is 2. The van der Waals surface area contributed by atoms with E-state index in [1.165, 1.54) is 12.1 Å². The molecule has 0 fully saturated rings. The van der Waals surface area contributed by atoms with E-state index in [1.54, 1.807) is 49.4 Å². The average molecular weight is 497 g/mol. The SMILES string of the molecule is COC(=O)C(NC(=O)c1sc(NC(=O)Cc2cccc(O)c2)nc1C)C(N)C(=O)c1ccccc1. The van der Waals surface area contributed by atoms with Crippen LogP contribution in [0.1, 0.15) is 31.3 Å². The van der Waals surface area contributed by atoms with Gasteiger partial charge in [-0.15, -0.1) is 0 Å². The van der Waals surface area contributed by atoms with Gasteiger partial charge < -0.3 is 26.2 Å². The molecule has 0 aliphatic carbocycles. The predicted octanol–water partition coefficient (Wildman–Crippen LogP) is 1.82. The first-order valence-corrected chi connectivity index (χ1v) is 11.3. The lowest BCUT2D eigenvalue weighted by molar-refractivity contribution is -0.143. The second-order valence-electron chi connectivity index (χ2n) is 7.56. The second-order valence-corrected chi connectivity index (χ2v) is 8.56. The van der Waals surface area contributed by atoms with E-state index >= 15 is 0 Å². The van der Waals surface area contributed by atoms with Gasteiger partial charge >= 0.3 is 5.97 Å². The van der Waals surface area contributed by atoms with Crippen molar-refractivity contribution in [1.82, 2.24) is 10.3 Å².